The molecule has 3 fully saturated rings. The highest BCUT2D eigenvalue weighted by molar-refractivity contribution is 7.13. The lowest BCUT2D eigenvalue weighted by Gasteiger charge is -2.31. The average molecular weight is 363 g/mol. The molecule has 0 atom stereocenters. The summed E-state index contributed by atoms with van der Waals surface area (Å²) < 4.78 is 10.7. The number of nitrogens with zero attached hydrogens (tertiary/aromatic N) is 3. The van der Waals surface area contributed by atoms with E-state index >= 15 is 0 Å². The van der Waals surface area contributed by atoms with E-state index in [1.807, 2.05) is 23.1 Å². The Kier molecular flexibility index (Phi) is 5.50. The van der Waals surface area contributed by atoms with Gasteiger partial charge in [0.1, 0.15) is 11.4 Å². The normalized spacial score (nSPS) is 22.0. The topological polar surface area (TPSA) is 83.0 Å². The lowest BCUT2D eigenvalue weighted by atomic mass is 10.0. The molecule has 0 unspecified atom stereocenters. The molecule has 8 heteroatoms. The molecule has 1 aromatic carbocycles. The van der Waals surface area contributed by atoms with Crippen molar-refractivity contribution in [1.82, 2.24) is 14.2 Å². The lowest BCUT2D eigenvalue weighted by molar-refractivity contribution is -0.122. The molecule has 5 rings (SSSR count). The third kappa shape index (κ3) is 3.59. The zero-order valence-electron chi connectivity index (χ0n) is 14.1. The molecule has 0 spiro atoms. The van der Waals surface area contributed by atoms with Crippen molar-refractivity contribution >= 4 is 34.0 Å². The van der Waals surface area contributed by atoms with E-state index in [4.69, 9.17) is 14.6 Å². The van der Waals surface area contributed by atoms with E-state index in [1.165, 1.54) is 11.5 Å². The first-order valence-electron chi connectivity index (χ1n) is 8.22. The van der Waals surface area contributed by atoms with Gasteiger partial charge in [0.2, 0.25) is 0 Å². The van der Waals surface area contributed by atoms with Gasteiger partial charge >= 0.3 is 0 Å². The SMILES string of the molecule is COc1ccc2c(C(=O)N3CCN4CCC3CC4)nsc2c1.O=CO. The van der Waals surface area contributed by atoms with Gasteiger partial charge in [0.15, 0.2) is 0 Å². The van der Waals surface area contributed by atoms with Crippen LogP contribution in [0.3, 0.4) is 0 Å². The summed E-state index contributed by atoms with van der Waals surface area (Å²) in [7, 11) is 1.65. The lowest BCUT2D eigenvalue weighted by Crippen LogP contribution is -2.41. The molecule has 4 heterocycles. The molecule has 1 N–H and O–H groups in total. The molecular weight excluding hydrogens is 342 g/mol. The first kappa shape index (κ1) is 17.6. The van der Waals surface area contributed by atoms with Crippen LogP contribution in [-0.2, 0) is 4.79 Å². The number of hydrogen-bond acceptors (Lipinski definition) is 6. The summed E-state index contributed by atoms with van der Waals surface area (Å²) in [4.78, 5) is 25.9. The number of piperidine rings is 1. The molecule has 0 aliphatic carbocycles. The van der Waals surface area contributed by atoms with Gasteiger partial charge in [0.05, 0.1) is 11.8 Å². The molecule has 1 aromatic heterocycles. The Balaban J connectivity index is 0.000000569. The number of methoxy groups -OCH3 is 1. The minimum atomic E-state index is -0.250. The van der Waals surface area contributed by atoms with Gasteiger partial charge in [-0.05, 0) is 42.6 Å². The van der Waals surface area contributed by atoms with Gasteiger partial charge in [-0.25, -0.2) is 0 Å². The number of ether oxygens (including phenoxy) is 1. The molecule has 0 saturated carbocycles. The largest absolute Gasteiger partial charge is 0.497 e. The molecule has 7 nitrogen and oxygen atoms in total. The van der Waals surface area contributed by atoms with Crippen molar-refractivity contribution in [2.24, 2.45) is 0 Å². The van der Waals surface area contributed by atoms with Crippen molar-refractivity contribution in [1.29, 1.82) is 0 Å². The third-order valence-corrected chi connectivity index (χ3v) is 5.61. The maximum absolute atomic E-state index is 13.0. The van der Waals surface area contributed by atoms with Crippen LogP contribution in [-0.4, -0.2) is 71.0 Å². The highest BCUT2D eigenvalue weighted by Crippen LogP contribution is 2.29. The highest BCUT2D eigenvalue weighted by atomic mass is 32.1. The summed E-state index contributed by atoms with van der Waals surface area (Å²) in [6, 6.07) is 6.17. The van der Waals surface area contributed by atoms with E-state index in [1.54, 1.807) is 7.11 Å². The molecule has 0 radical (unpaired) electrons. The van der Waals surface area contributed by atoms with Crippen molar-refractivity contribution in [3.05, 3.63) is 23.9 Å². The predicted molar refractivity (Wildman–Crippen MR) is 95.4 cm³/mol. The quantitative estimate of drug-likeness (QED) is 0.821. The minimum Gasteiger partial charge on any atom is -0.497 e. The Labute approximate surface area is 150 Å². The fourth-order valence-electron chi connectivity index (χ4n) is 3.49. The van der Waals surface area contributed by atoms with Gasteiger partial charge in [-0.15, -0.1) is 0 Å². The van der Waals surface area contributed by atoms with Crippen LogP contribution in [0.2, 0.25) is 0 Å². The standard InChI is InChI=1S/C16H19N3O2S.CH2O2/c1-21-12-2-3-13-14(10-12)22-17-15(13)16(20)19-9-8-18-6-4-11(19)5-7-18;2-1-3/h2-3,10-11H,4-9H2,1H3;1H,(H,2,3). The fourth-order valence-corrected chi connectivity index (χ4v) is 4.29. The van der Waals surface area contributed by atoms with Gasteiger partial charge < -0.3 is 19.6 Å². The first-order valence-corrected chi connectivity index (χ1v) is 9.00. The summed E-state index contributed by atoms with van der Waals surface area (Å²) >= 11 is 1.37. The molecule has 2 aromatic rings. The van der Waals surface area contributed by atoms with Crippen molar-refractivity contribution < 1.29 is 19.4 Å². The second-order valence-corrected chi connectivity index (χ2v) is 6.88. The monoisotopic (exact) mass is 363 g/mol. The molecule has 3 aliphatic rings. The summed E-state index contributed by atoms with van der Waals surface area (Å²) in [5.74, 6) is 0.890. The van der Waals surface area contributed by atoms with E-state index < -0.39 is 0 Å². The van der Waals surface area contributed by atoms with Crippen LogP contribution < -0.4 is 4.74 Å². The molecule has 2 bridgehead atoms. The highest BCUT2D eigenvalue weighted by Gasteiger charge is 2.33. The van der Waals surface area contributed by atoms with Crippen LogP contribution >= 0.6 is 11.5 Å². The zero-order chi connectivity index (χ0) is 17.8. The maximum Gasteiger partial charge on any atom is 0.290 e. The number of amides is 1. The van der Waals surface area contributed by atoms with Crippen LogP contribution in [0, 0.1) is 0 Å². The van der Waals surface area contributed by atoms with Crippen LogP contribution in [0.25, 0.3) is 10.1 Å². The van der Waals surface area contributed by atoms with E-state index in [0.29, 0.717) is 11.7 Å². The van der Waals surface area contributed by atoms with Gasteiger partial charge in [0, 0.05) is 37.6 Å². The molecular formula is C17H21N3O4S. The summed E-state index contributed by atoms with van der Waals surface area (Å²) in [5, 5.41) is 7.83. The number of rotatable bonds is 2. The number of carboxylic acid groups (broad SMARTS) is 1. The summed E-state index contributed by atoms with van der Waals surface area (Å²) in [5.41, 5.74) is 0.600. The van der Waals surface area contributed by atoms with Crippen LogP contribution in [0.4, 0.5) is 0 Å². The Morgan fingerprint density at radius 2 is 2.04 bits per heavy atom. The number of fused-ring (bicyclic) bond motifs is 5. The van der Waals surface area contributed by atoms with Crippen LogP contribution in [0.5, 0.6) is 5.75 Å². The molecule has 25 heavy (non-hydrogen) atoms. The molecule has 1 amide bonds. The number of aromatic nitrogens is 1. The van der Waals surface area contributed by atoms with Gasteiger partial charge in [-0.2, -0.15) is 4.37 Å². The molecule has 3 aliphatic heterocycles. The van der Waals surface area contributed by atoms with Gasteiger partial charge in [-0.3, -0.25) is 9.59 Å². The molecule has 134 valence electrons. The van der Waals surface area contributed by atoms with Crippen LogP contribution in [0.1, 0.15) is 23.3 Å². The summed E-state index contributed by atoms with van der Waals surface area (Å²) in [6.07, 6.45) is 2.17. The maximum atomic E-state index is 13.0. The Hall–Kier alpha value is -2.19. The number of benzene rings is 1. The minimum absolute atomic E-state index is 0.0881. The van der Waals surface area contributed by atoms with Crippen LogP contribution in [0.15, 0.2) is 18.2 Å². The van der Waals surface area contributed by atoms with Crippen molar-refractivity contribution in [2.75, 3.05) is 33.3 Å². The zero-order valence-corrected chi connectivity index (χ0v) is 14.9. The van der Waals surface area contributed by atoms with Gasteiger partial charge in [0.25, 0.3) is 12.4 Å². The number of carbonyl (C=O) groups excluding carboxylic acids is 1. The Bertz CT molecular complexity index is 755. The number of carbonyl (C=O) groups is 2. The van der Waals surface area contributed by atoms with Crippen molar-refractivity contribution in [2.45, 2.75) is 18.9 Å². The van der Waals surface area contributed by atoms with Gasteiger partial charge in [-0.1, -0.05) is 0 Å². The smallest absolute Gasteiger partial charge is 0.290 e. The molecule has 3 saturated heterocycles. The van der Waals surface area contributed by atoms with E-state index in [9.17, 15) is 4.79 Å². The summed E-state index contributed by atoms with van der Waals surface area (Å²) in [6.45, 7) is 3.78. The second-order valence-electron chi connectivity index (χ2n) is 6.07. The fraction of sp³-hybridized carbons (Fsp3) is 0.471. The predicted octanol–water partition coefficient (Wildman–Crippen LogP) is 1.93. The van der Waals surface area contributed by atoms with E-state index in [0.717, 1.165) is 54.9 Å². The number of hydrogen-bond donors (Lipinski definition) is 1. The third-order valence-electron chi connectivity index (χ3n) is 4.80. The van der Waals surface area contributed by atoms with Crippen molar-refractivity contribution in [3.8, 4) is 5.75 Å². The van der Waals surface area contributed by atoms with E-state index in [2.05, 4.69) is 9.27 Å². The first-order chi connectivity index (χ1) is 12.2. The average Bonchev–Trinajstić information content (AvgIpc) is 2.82. The Morgan fingerprint density at radius 3 is 2.72 bits per heavy atom. The van der Waals surface area contributed by atoms with E-state index in [-0.39, 0.29) is 12.4 Å². The van der Waals surface area contributed by atoms with Crippen molar-refractivity contribution in [3.63, 3.8) is 0 Å². The Morgan fingerprint density at radius 1 is 1.32 bits per heavy atom. The second kappa shape index (κ2) is 7.79.